The number of pyridine rings is 1. The zero-order valence-corrected chi connectivity index (χ0v) is 11.8. The standard InChI is InChI=1S/C15H23N3O2/c16-15(19)12-7-8-14(18-11-12)17-9-4-10-20-13-5-2-1-3-6-13/h7-8,11,13H,1-6,9-10H2,(H2,16,19)(H,17,18). The summed E-state index contributed by atoms with van der Waals surface area (Å²) in [4.78, 5) is 15.0. The quantitative estimate of drug-likeness (QED) is 0.750. The number of ether oxygens (including phenoxy) is 1. The van der Waals surface area contributed by atoms with Crippen molar-refractivity contribution in [2.45, 2.75) is 44.6 Å². The van der Waals surface area contributed by atoms with E-state index in [0.717, 1.165) is 25.4 Å². The SMILES string of the molecule is NC(=O)c1ccc(NCCCOC2CCCCC2)nc1. The number of hydrogen-bond donors (Lipinski definition) is 2. The normalized spacial score (nSPS) is 16.0. The average molecular weight is 277 g/mol. The first-order valence-corrected chi connectivity index (χ1v) is 7.37. The largest absolute Gasteiger partial charge is 0.378 e. The van der Waals surface area contributed by atoms with Crippen LogP contribution in [0, 0.1) is 0 Å². The second kappa shape index (κ2) is 7.85. The number of aromatic nitrogens is 1. The molecule has 1 aliphatic carbocycles. The number of nitrogens with zero attached hydrogens (tertiary/aromatic N) is 1. The topological polar surface area (TPSA) is 77.2 Å². The third-order valence-corrected chi connectivity index (χ3v) is 3.58. The van der Waals surface area contributed by atoms with Gasteiger partial charge < -0.3 is 15.8 Å². The van der Waals surface area contributed by atoms with Gasteiger partial charge in [-0.1, -0.05) is 19.3 Å². The molecule has 5 nitrogen and oxygen atoms in total. The Morgan fingerprint density at radius 3 is 2.80 bits per heavy atom. The van der Waals surface area contributed by atoms with Crippen LogP contribution in [0.5, 0.6) is 0 Å². The Hall–Kier alpha value is -1.62. The lowest BCUT2D eigenvalue weighted by molar-refractivity contribution is 0.0284. The molecule has 1 aromatic rings. The van der Waals surface area contributed by atoms with E-state index in [4.69, 9.17) is 10.5 Å². The van der Waals surface area contributed by atoms with Gasteiger partial charge in [-0.25, -0.2) is 4.98 Å². The molecule has 3 N–H and O–H groups in total. The number of primary amides is 1. The number of anilines is 1. The number of amides is 1. The lowest BCUT2D eigenvalue weighted by Crippen LogP contribution is -2.18. The molecule has 2 rings (SSSR count). The van der Waals surface area contributed by atoms with E-state index in [1.807, 2.05) is 0 Å². The van der Waals surface area contributed by atoms with Crippen molar-refractivity contribution in [2.75, 3.05) is 18.5 Å². The van der Waals surface area contributed by atoms with Crippen LogP contribution >= 0.6 is 0 Å². The molecular weight excluding hydrogens is 254 g/mol. The molecule has 0 saturated heterocycles. The highest BCUT2D eigenvalue weighted by Crippen LogP contribution is 2.20. The van der Waals surface area contributed by atoms with E-state index in [-0.39, 0.29) is 0 Å². The predicted molar refractivity (Wildman–Crippen MR) is 78.7 cm³/mol. The molecule has 1 fully saturated rings. The fourth-order valence-corrected chi connectivity index (χ4v) is 2.41. The molecule has 0 aromatic carbocycles. The van der Waals surface area contributed by atoms with E-state index in [2.05, 4.69) is 10.3 Å². The molecule has 1 heterocycles. The van der Waals surface area contributed by atoms with Crippen molar-refractivity contribution in [1.29, 1.82) is 0 Å². The molecule has 110 valence electrons. The van der Waals surface area contributed by atoms with Gasteiger partial charge in [0.15, 0.2) is 0 Å². The third kappa shape index (κ3) is 4.81. The van der Waals surface area contributed by atoms with Gasteiger partial charge in [0.1, 0.15) is 5.82 Å². The number of rotatable bonds is 7. The van der Waals surface area contributed by atoms with Crippen LogP contribution in [0.4, 0.5) is 5.82 Å². The number of carbonyl (C=O) groups excluding carboxylic acids is 1. The smallest absolute Gasteiger partial charge is 0.250 e. The van der Waals surface area contributed by atoms with E-state index in [1.54, 1.807) is 12.1 Å². The molecule has 0 spiro atoms. The summed E-state index contributed by atoms with van der Waals surface area (Å²) < 4.78 is 5.85. The first-order valence-electron chi connectivity index (χ1n) is 7.37. The zero-order chi connectivity index (χ0) is 14.2. The van der Waals surface area contributed by atoms with Crippen molar-refractivity contribution in [3.63, 3.8) is 0 Å². The summed E-state index contributed by atoms with van der Waals surface area (Å²) in [5.74, 6) is 0.303. The van der Waals surface area contributed by atoms with Crippen LogP contribution in [-0.2, 0) is 4.74 Å². The van der Waals surface area contributed by atoms with Gasteiger partial charge in [-0.15, -0.1) is 0 Å². The lowest BCUT2D eigenvalue weighted by Gasteiger charge is -2.21. The first kappa shape index (κ1) is 14.8. The van der Waals surface area contributed by atoms with Crippen LogP contribution < -0.4 is 11.1 Å². The summed E-state index contributed by atoms with van der Waals surface area (Å²) in [5.41, 5.74) is 5.59. The maximum absolute atomic E-state index is 10.9. The molecule has 1 aliphatic rings. The second-order valence-electron chi connectivity index (χ2n) is 5.21. The van der Waals surface area contributed by atoms with Crippen LogP contribution in [-0.4, -0.2) is 30.1 Å². The van der Waals surface area contributed by atoms with Gasteiger partial charge in [0.25, 0.3) is 0 Å². The summed E-state index contributed by atoms with van der Waals surface area (Å²) in [6.45, 7) is 1.60. The van der Waals surface area contributed by atoms with E-state index < -0.39 is 5.91 Å². The Kier molecular flexibility index (Phi) is 5.80. The van der Waals surface area contributed by atoms with Crippen molar-refractivity contribution in [3.05, 3.63) is 23.9 Å². The number of nitrogens with two attached hydrogens (primary N) is 1. The van der Waals surface area contributed by atoms with E-state index in [1.165, 1.54) is 38.3 Å². The molecule has 1 amide bonds. The van der Waals surface area contributed by atoms with Crippen LogP contribution in [0.15, 0.2) is 18.3 Å². The van der Waals surface area contributed by atoms with E-state index in [0.29, 0.717) is 11.7 Å². The second-order valence-corrected chi connectivity index (χ2v) is 5.21. The Morgan fingerprint density at radius 1 is 1.35 bits per heavy atom. The van der Waals surface area contributed by atoms with Gasteiger partial charge in [-0.3, -0.25) is 4.79 Å². The van der Waals surface area contributed by atoms with Crippen molar-refractivity contribution in [1.82, 2.24) is 4.98 Å². The minimum Gasteiger partial charge on any atom is -0.378 e. The molecule has 0 bridgehead atoms. The minimum absolute atomic E-state index is 0.427. The monoisotopic (exact) mass is 277 g/mol. The van der Waals surface area contributed by atoms with Crippen molar-refractivity contribution < 1.29 is 9.53 Å². The molecule has 0 unspecified atom stereocenters. The van der Waals surface area contributed by atoms with Crippen LogP contribution in [0.1, 0.15) is 48.9 Å². The first-order chi connectivity index (χ1) is 9.75. The lowest BCUT2D eigenvalue weighted by atomic mass is 9.98. The third-order valence-electron chi connectivity index (χ3n) is 3.58. The molecular formula is C15H23N3O2. The van der Waals surface area contributed by atoms with Gasteiger partial charge >= 0.3 is 0 Å². The van der Waals surface area contributed by atoms with E-state index >= 15 is 0 Å². The van der Waals surface area contributed by atoms with Crippen molar-refractivity contribution in [3.8, 4) is 0 Å². The molecule has 1 saturated carbocycles. The van der Waals surface area contributed by atoms with Crippen molar-refractivity contribution in [2.24, 2.45) is 5.73 Å². The fraction of sp³-hybridized carbons (Fsp3) is 0.600. The number of hydrogen-bond acceptors (Lipinski definition) is 4. The molecule has 20 heavy (non-hydrogen) atoms. The summed E-state index contributed by atoms with van der Waals surface area (Å²) in [7, 11) is 0. The fourth-order valence-electron chi connectivity index (χ4n) is 2.41. The molecule has 1 aromatic heterocycles. The Balaban J connectivity index is 1.59. The molecule has 0 atom stereocenters. The Labute approximate surface area is 119 Å². The number of nitrogens with one attached hydrogen (secondary N) is 1. The van der Waals surface area contributed by atoms with Crippen LogP contribution in [0.25, 0.3) is 0 Å². The summed E-state index contributed by atoms with van der Waals surface area (Å²) in [6.07, 6.45) is 9.30. The van der Waals surface area contributed by atoms with Gasteiger partial charge in [-0.2, -0.15) is 0 Å². The number of carbonyl (C=O) groups is 1. The van der Waals surface area contributed by atoms with Crippen LogP contribution in [0.2, 0.25) is 0 Å². The highest BCUT2D eigenvalue weighted by Gasteiger charge is 2.12. The summed E-state index contributed by atoms with van der Waals surface area (Å²) in [6, 6.07) is 3.44. The van der Waals surface area contributed by atoms with Crippen molar-refractivity contribution >= 4 is 11.7 Å². The van der Waals surface area contributed by atoms with Crippen LogP contribution in [0.3, 0.4) is 0 Å². The van der Waals surface area contributed by atoms with Gasteiger partial charge in [0, 0.05) is 19.3 Å². The van der Waals surface area contributed by atoms with Gasteiger partial charge in [0.2, 0.25) is 5.91 Å². The van der Waals surface area contributed by atoms with Gasteiger partial charge in [-0.05, 0) is 31.4 Å². The highest BCUT2D eigenvalue weighted by atomic mass is 16.5. The Bertz CT molecular complexity index is 414. The highest BCUT2D eigenvalue weighted by molar-refractivity contribution is 5.92. The maximum atomic E-state index is 10.9. The average Bonchev–Trinajstić information content (AvgIpc) is 2.48. The predicted octanol–water partition coefficient (Wildman–Crippen LogP) is 2.33. The summed E-state index contributed by atoms with van der Waals surface area (Å²) >= 11 is 0. The minimum atomic E-state index is -0.454. The summed E-state index contributed by atoms with van der Waals surface area (Å²) in [5, 5.41) is 3.21. The molecule has 0 radical (unpaired) electrons. The maximum Gasteiger partial charge on any atom is 0.250 e. The Morgan fingerprint density at radius 2 is 2.15 bits per heavy atom. The molecule has 5 heteroatoms. The van der Waals surface area contributed by atoms with Gasteiger partial charge in [0.05, 0.1) is 11.7 Å². The zero-order valence-electron chi connectivity index (χ0n) is 11.8. The molecule has 0 aliphatic heterocycles. The van der Waals surface area contributed by atoms with E-state index in [9.17, 15) is 4.79 Å².